The maximum atomic E-state index is 4.29. The molecule has 2 rings (SSSR count). The number of thioether (sulfide) groups is 1. The molecule has 1 aliphatic rings. The maximum absolute atomic E-state index is 4.29. The summed E-state index contributed by atoms with van der Waals surface area (Å²) in [6, 6.07) is 2.76. The summed E-state index contributed by atoms with van der Waals surface area (Å²) in [5.74, 6) is 1.22. The molecule has 1 fully saturated rings. The summed E-state index contributed by atoms with van der Waals surface area (Å²) in [6.45, 7) is 3.34. The Bertz CT molecular complexity index is 408. The Hall–Kier alpha value is -0.0600. The number of nitrogens with one attached hydrogen (secondary N) is 1. The molecule has 4 heteroatoms. The second kappa shape index (κ2) is 9.86. The SMILES string of the molecule is CCCNC(CSC1CCCCC1)Cc1cncc(Br)c1. The number of halogens is 1. The van der Waals surface area contributed by atoms with E-state index < -0.39 is 0 Å². The fraction of sp³-hybridized carbons (Fsp3) is 0.706. The highest BCUT2D eigenvalue weighted by Crippen LogP contribution is 2.29. The van der Waals surface area contributed by atoms with E-state index in [-0.39, 0.29) is 0 Å². The van der Waals surface area contributed by atoms with Crippen LogP contribution >= 0.6 is 27.7 Å². The van der Waals surface area contributed by atoms with E-state index >= 15 is 0 Å². The third-order valence-corrected chi connectivity index (χ3v) is 5.98. The van der Waals surface area contributed by atoms with E-state index in [1.165, 1.54) is 49.8 Å². The Kier molecular flexibility index (Phi) is 8.12. The van der Waals surface area contributed by atoms with Gasteiger partial charge in [-0.2, -0.15) is 11.8 Å². The third-order valence-electron chi connectivity index (χ3n) is 4.01. The van der Waals surface area contributed by atoms with Crippen LogP contribution in [0.15, 0.2) is 22.9 Å². The smallest absolute Gasteiger partial charge is 0.0410 e. The van der Waals surface area contributed by atoms with Crippen molar-refractivity contribution in [2.75, 3.05) is 12.3 Å². The molecule has 1 aromatic rings. The van der Waals surface area contributed by atoms with Crippen molar-refractivity contribution in [2.45, 2.75) is 63.2 Å². The first-order chi connectivity index (χ1) is 10.3. The molecular formula is C17H27BrN2S. The minimum absolute atomic E-state index is 0.563. The Morgan fingerprint density at radius 3 is 2.86 bits per heavy atom. The highest BCUT2D eigenvalue weighted by molar-refractivity contribution is 9.10. The lowest BCUT2D eigenvalue weighted by Crippen LogP contribution is -2.34. The van der Waals surface area contributed by atoms with Crippen LogP contribution in [0.3, 0.4) is 0 Å². The Morgan fingerprint density at radius 2 is 2.14 bits per heavy atom. The van der Waals surface area contributed by atoms with Gasteiger partial charge < -0.3 is 5.32 Å². The lowest BCUT2D eigenvalue weighted by Gasteiger charge is -2.24. The van der Waals surface area contributed by atoms with Crippen LogP contribution in [-0.2, 0) is 6.42 Å². The predicted octanol–water partition coefficient (Wildman–Crippen LogP) is 4.82. The van der Waals surface area contributed by atoms with Crippen molar-refractivity contribution in [3.63, 3.8) is 0 Å². The van der Waals surface area contributed by atoms with E-state index in [0.29, 0.717) is 6.04 Å². The lowest BCUT2D eigenvalue weighted by atomic mass is 10.0. The van der Waals surface area contributed by atoms with Crippen LogP contribution in [0.5, 0.6) is 0 Å². The van der Waals surface area contributed by atoms with Gasteiger partial charge in [-0.05, 0) is 59.8 Å². The quantitative estimate of drug-likeness (QED) is 0.709. The topological polar surface area (TPSA) is 24.9 Å². The molecule has 0 spiro atoms. The largest absolute Gasteiger partial charge is 0.313 e. The normalized spacial score (nSPS) is 17.8. The molecule has 2 nitrogen and oxygen atoms in total. The van der Waals surface area contributed by atoms with Crippen molar-refractivity contribution in [2.24, 2.45) is 0 Å². The third kappa shape index (κ3) is 6.70. The van der Waals surface area contributed by atoms with Gasteiger partial charge in [-0.15, -0.1) is 0 Å². The molecule has 0 aromatic carbocycles. The van der Waals surface area contributed by atoms with Gasteiger partial charge in [0.1, 0.15) is 0 Å². The summed E-state index contributed by atoms with van der Waals surface area (Å²) in [7, 11) is 0. The van der Waals surface area contributed by atoms with Crippen molar-refractivity contribution >= 4 is 27.7 Å². The Labute approximate surface area is 142 Å². The van der Waals surface area contributed by atoms with Crippen molar-refractivity contribution in [3.05, 3.63) is 28.5 Å². The van der Waals surface area contributed by atoms with Crippen LogP contribution in [0.1, 0.15) is 51.0 Å². The van der Waals surface area contributed by atoms with E-state index in [4.69, 9.17) is 0 Å². The van der Waals surface area contributed by atoms with E-state index in [2.05, 4.69) is 51.0 Å². The zero-order valence-electron chi connectivity index (χ0n) is 13.0. The first kappa shape index (κ1) is 17.3. The molecular weight excluding hydrogens is 344 g/mol. The van der Waals surface area contributed by atoms with Crippen LogP contribution in [-0.4, -0.2) is 28.6 Å². The highest BCUT2D eigenvalue weighted by atomic mass is 79.9. The summed E-state index contributed by atoms with van der Waals surface area (Å²) in [4.78, 5) is 4.29. The van der Waals surface area contributed by atoms with Crippen LogP contribution in [0.2, 0.25) is 0 Å². The summed E-state index contributed by atoms with van der Waals surface area (Å²) in [6.07, 6.45) is 13.3. The van der Waals surface area contributed by atoms with Crippen molar-refractivity contribution in [1.82, 2.24) is 10.3 Å². The average Bonchev–Trinajstić information content (AvgIpc) is 2.51. The highest BCUT2D eigenvalue weighted by Gasteiger charge is 2.17. The van der Waals surface area contributed by atoms with Gasteiger partial charge in [-0.25, -0.2) is 0 Å². The fourth-order valence-electron chi connectivity index (χ4n) is 2.87. The fourth-order valence-corrected chi connectivity index (χ4v) is 4.69. The van der Waals surface area contributed by atoms with Crippen LogP contribution in [0, 0.1) is 0 Å². The number of hydrogen-bond donors (Lipinski definition) is 1. The van der Waals surface area contributed by atoms with Gasteiger partial charge in [0.15, 0.2) is 0 Å². The number of nitrogens with zero attached hydrogens (tertiary/aromatic N) is 1. The van der Waals surface area contributed by atoms with Gasteiger partial charge >= 0.3 is 0 Å². The van der Waals surface area contributed by atoms with E-state index in [0.717, 1.165) is 22.7 Å². The molecule has 1 aromatic heterocycles. The van der Waals surface area contributed by atoms with Crippen LogP contribution in [0.4, 0.5) is 0 Å². The second-order valence-electron chi connectivity index (χ2n) is 5.96. The molecule has 0 saturated heterocycles. The Balaban J connectivity index is 1.84. The minimum atomic E-state index is 0.563. The maximum Gasteiger partial charge on any atom is 0.0410 e. The molecule has 1 atom stereocenters. The molecule has 1 unspecified atom stereocenters. The number of aromatic nitrogens is 1. The first-order valence-electron chi connectivity index (χ1n) is 8.22. The van der Waals surface area contributed by atoms with Gasteiger partial charge in [0, 0.05) is 33.9 Å². The van der Waals surface area contributed by atoms with Gasteiger partial charge in [0.2, 0.25) is 0 Å². The molecule has 21 heavy (non-hydrogen) atoms. The molecule has 0 aliphatic heterocycles. The monoisotopic (exact) mass is 370 g/mol. The van der Waals surface area contributed by atoms with Crippen LogP contribution < -0.4 is 5.32 Å². The van der Waals surface area contributed by atoms with Gasteiger partial charge in [-0.1, -0.05) is 26.2 Å². The van der Waals surface area contributed by atoms with Crippen molar-refractivity contribution in [1.29, 1.82) is 0 Å². The summed E-state index contributed by atoms with van der Waals surface area (Å²) < 4.78 is 1.08. The van der Waals surface area contributed by atoms with Gasteiger partial charge in [0.25, 0.3) is 0 Å². The summed E-state index contributed by atoms with van der Waals surface area (Å²) in [5.41, 5.74) is 1.32. The summed E-state index contributed by atoms with van der Waals surface area (Å²) >= 11 is 5.70. The zero-order chi connectivity index (χ0) is 14.9. The minimum Gasteiger partial charge on any atom is -0.313 e. The molecule has 1 N–H and O–H groups in total. The molecule has 1 saturated carbocycles. The lowest BCUT2D eigenvalue weighted by molar-refractivity contribution is 0.511. The van der Waals surface area contributed by atoms with Gasteiger partial charge in [-0.3, -0.25) is 4.98 Å². The molecule has 0 amide bonds. The number of pyridine rings is 1. The molecule has 0 radical (unpaired) electrons. The average molecular weight is 371 g/mol. The van der Waals surface area contributed by atoms with Crippen molar-refractivity contribution in [3.8, 4) is 0 Å². The zero-order valence-corrected chi connectivity index (χ0v) is 15.4. The van der Waals surface area contributed by atoms with E-state index in [9.17, 15) is 0 Å². The number of rotatable bonds is 8. The molecule has 1 aliphatic carbocycles. The predicted molar refractivity (Wildman–Crippen MR) is 97.1 cm³/mol. The first-order valence-corrected chi connectivity index (χ1v) is 10.1. The van der Waals surface area contributed by atoms with Crippen LogP contribution in [0.25, 0.3) is 0 Å². The molecule has 118 valence electrons. The standard InChI is InChI=1S/C17H27BrN2S/c1-2-8-20-16(10-14-9-15(18)12-19-11-14)13-21-17-6-4-3-5-7-17/h9,11-12,16-17,20H,2-8,10,13H2,1H3. The van der Waals surface area contributed by atoms with E-state index in [1.54, 1.807) is 0 Å². The second-order valence-corrected chi connectivity index (χ2v) is 8.21. The number of hydrogen-bond acceptors (Lipinski definition) is 3. The van der Waals surface area contributed by atoms with E-state index in [1.807, 2.05) is 12.4 Å². The molecule has 1 heterocycles. The van der Waals surface area contributed by atoms with Crippen molar-refractivity contribution < 1.29 is 0 Å². The summed E-state index contributed by atoms with van der Waals surface area (Å²) in [5, 5.41) is 4.61. The molecule has 0 bridgehead atoms. The van der Waals surface area contributed by atoms with Gasteiger partial charge in [0.05, 0.1) is 0 Å². The Morgan fingerprint density at radius 1 is 1.33 bits per heavy atom.